The van der Waals surface area contributed by atoms with Gasteiger partial charge >= 0.3 is 0 Å². The molecule has 1 aliphatic rings. The van der Waals surface area contributed by atoms with E-state index >= 15 is 0 Å². The largest absolute Gasteiger partial charge is 0.0610 e. The minimum absolute atomic E-state index is 0.920. The first kappa shape index (κ1) is 26.8. The minimum atomic E-state index is 0.920. The normalized spacial score (nSPS) is 13.5. The predicted octanol–water partition coefficient (Wildman–Crippen LogP) is 13.7. The second kappa shape index (κ2) is 10.1. The Bertz CT molecular complexity index is 2770. The fourth-order valence-corrected chi connectivity index (χ4v) is 8.67. The van der Waals surface area contributed by atoms with Crippen LogP contribution in [-0.4, -0.2) is 0 Å². The Morgan fingerprint density at radius 1 is 0.286 bits per heavy atom. The van der Waals surface area contributed by atoms with Crippen molar-refractivity contribution >= 4 is 75.8 Å². The monoisotopic (exact) mass is 618 g/mol. The van der Waals surface area contributed by atoms with E-state index in [2.05, 4.69) is 170 Å². The molecule has 0 unspecified atom stereocenters. The van der Waals surface area contributed by atoms with Gasteiger partial charge in [-0.05, 0) is 128 Å². The lowest BCUT2D eigenvalue weighted by Crippen LogP contribution is -1.90. The lowest BCUT2D eigenvalue weighted by Gasteiger charge is -2.15. The van der Waals surface area contributed by atoms with Gasteiger partial charge in [-0.3, -0.25) is 0 Å². The number of rotatable bonds is 4. The number of hydrogen-bond donors (Lipinski definition) is 0. The van der Waals surface area contributed by atoms with Crippen LogP contribution >= 0.6 is 0 Å². The van der Waals surface area contributed by atoms with Crippen molar-refractivity contribution < 1.29 is 0 Å². The van der Waals surface area contributed by atoms with Gasteiger partial charge in [0.25, 0.3) is 0 Å². The maximum Gasteiger partial charge on any atom is -0.00139 e. The SMILES string of the molecule is C1=C(c2cccc(-c3ccc4ccc5cccc6ccc3c4c56)c2)CC(c2cccc(-c3ccc4ccc5cccc6ccc3c4c56)c2)=C1. The van der Waals surface area contributed by atoms with Crippen LogP contribution in [0, 0.1) is 0 Å². The van der Waals surface area contributed by atoms with Crippen molar-refractivity contribution in [1.29, 1.82) is 0 Å². The molecule has 0 aliphatic heterocycles. The predicted molar refractivity (Wildman–Crippen MR) is 212 cm³/mol. The Balaban J connectivity index is 0.936. The maximum absolute atomic E-state index is 2.38. The molecule has 0 N–H and O–H groups in total. The summed E-state index contributed by atoms with van der Waals surface area (Å²) in [6, 6.07) is 58.9. The van der Waals surface area contributed by atoms with Crippen molar-refractivity contribution in [3.63, 3.8) is 0 Å². The van der Waals surface area contributed by atoms with Crippen molar-refractivity contribution in [2.45, 2.75) is 6.42 Å². The first-order valence-electron chi connectivity index (χ1n) is 17.2. The molecule has 0 atom stereocenters. The topological polar surface area (TPSA) is 0 Å². The lowest BCUT2D eigenvalue weighted by molar-refractivity contribution is 1.42. The van der Waals surface area contributed by atoms with E-state index < -0.39 is 0 Å². The fourth-order valence-electron chi connectivity index (χ4n) is 8.67. The molecule has 49 heavy (non-hydrogen) atoms. The van der Waals surface area contributed by atoms with Gasteiger partial charge in [-0.1, -0.05) is 158 Å². The number of benzene rings is 10. The van der Waals surface area contributed by atoms with Crippen LogP contribution in [0.15, 0.2) is 170 Å². The lowest BCUT2D eigenvalue weighted by atomic mass is 9.88. The van der Waals surface area contributed by atoms with Crippen LogP contribution in [0.2, 0.25) is 0 Å². The Morgan fingerprint density at radius 3 is 1.08 bits per heavy atom. The molecule has 0 nitrogen and oxygen atoms in total. The molecule has 10 aromatic rings. The van der Waals surface area contributed by atoms with E-state index in [0.717, 1.165) is 6.42 Å². The average molecular weight is 619 g/mol. The van der Waals surface area contributed by atoms with Gasteiger partial charge in [0.1, 0.15) is 0 Å². The first-order chi connectivity index (χ1) is 24.3. The molecule has 0 heterocycles. The Kier molecular flexibility index (Phi) is 5.54. The Morgan fingerprint density at radius 2 is 0.633 bits per heavy atom. The smallest absolute Gasteiger partial charge is 0.00139 e. The van der Waals surface area contributed by atoms with E-state index in [1.54, 1.807) is 0 Å². The van der Waals surface area contributed by atoms with Gasteiger partial charge in [0.2, 0.25) is 0 Å². The molecule has 1 aliphatic carbocycles. The van der Waals surface area contributed by atoms with Gasteiger partial charge in [0.05, 0.1) is 0 Å². The highest BCUT2D eigenvalue weighted by molar-refractivity contribution is 6.26. The second-order valence-corrected chi connectivity index (χ2v) is 13.7. The molecule has 0 amide bonds. The molecular formula is C49H30. The van der Waals surface area contributed by atoms with Crippen LogP contribution in [0.1, 0.15) is 17.5 Å². The summed E-state index contributed by atoms with van der Waals surface area (Å²) in [5.41, 5.74) is 10.4. The van der Waals surface area contributed by atoms with Gasteiger partial charge in [0, 0.05) is 0 Å². The zero-order chi connectivity index (χ0) is 32.1. The van der Waals surface area contributed by atoms with Crippen LogP contribution in [0.3, 0.4) is 0 Å². The second-order valence-electron chi connectivity index (χ2n) is 13.7. The summed E-state index contributed by atoms with van der Waals surface area (Å²) in [7, 11) is 0. The Hall–Kier alpha value is -6.24. The average Bonchev–Trinajstić information content (AvgIpc) is 3.67. The molecule has 0 saturated heterocycles. The summed E-state index contributed by atoms with van der Waals surface area (Å²) >= 11 is 0. The van der Waals surface area contributed by atoms with E-state index in [0.29, 0.717) is 0 Å². The number of allylic oxidation sites excluding steroid dienone is 4. The highest BCUT2D eigenvalue weighted by atomic mass is 14.2. The zero-order valence-electron chi connectivity index (χ0n) is 26.9. The van der Waals surface area contributed by atoms with Crippen molar-refractivity contribution in [1.82, 2.24) is 0 Å². The van der Waals surface area contributed by atoms with Crippen molar-refractivity contribution in [2.75, 3.05) is 0 Å². The molecule has 10 aromatic carbocycles. The van der Waals surface area contributed by atoms with E-state index in [1.807, 2.05) is 0 Å². The minimum Gasteiger partial charge on any atom is -0.0610 e. The molecule has 0 bridgehead atoms. The standard InChI is InChI=1S/C49H30/c1-5-30-13-15-34-19-23-42(44-25-21-32(7-1)46(30)48(34)44)40-11-3-9-36(28-40)38-17-18-39(27-38)37-10-4-12-41(29-37)43-24-20-35-16-14-31-6-2-8-33-22-26-45(43)49(35)47(31)33/h1-26,28-29H,27H2. The molecule has 0 heteroatoms. The highest BCUT2D eigenvalue weighted by Gasteiger charge is 2.17. The molecule has 0 fully saturated rings. The molecule has 0 saturated carbocycles. The van der Waals surface area contributed by atoms with E-state index in [-0.39, 0.29) is 0 Å². The van der Waals surface area contributed by atoms with Crippen molar-refractivity contribution in [2.24, 2.45) is 0 Å². The van der Waals surface area contributed by atoms with E-state index in [4.69, 9.17) is 0 Å². The molecule has 0 spiro atoms. The number of hydrogen-bond acceptors (Lipinski definition) is 0. The summed E-state index contributed by atoms with van der Waals surface area (Å²) in [4.78, 5) is 0. The van der Waals surface area contributed by atoms with Gasteiger partial charge in [-0.15, -0.1) is 0 Å². The summed E-state index contributed by atoms with van der Waals surface area (Å²) in [6.07, 6.45) is 5.56. The third kappa shape index (κ3) is 3.98. The first-order valence-corrected chi connectivity index (χ1v) is 17.2. The zero-order valence-corrected chi connectivity index (χ0v) is 26.9. The van der Waals surface area contributed by atoms with Crippen molar-refractivity contribution in [3.8, 4) is 22.3 Å². The summed E-state index contributed by atoms with van der Waals surface area (Å²) in [5, 5.41) is 15.9. The molecular weight excluding hydrogens is 589 g/mol. The van der Waals surface area contributed by atoms with Gasteiger partial charge in [-0.2, -0.15) is 0 Å². The molecule has 226 valence electrons. The van der Waals surface area contributed by atoms with Crippen LogP contribution in [0.25, 0.3) is 98.0 Å². The van der Waals surface area contributed by atoms with Gasteiger partial charge in [0.15, 0.2) is 0 Å². The van der Waals surface area contributed by atoms with Gasteiger partial charge in [-0.25, -0.2) is 0 Å². The molecule has 0 radical (unpaired) electrons. The molecule has 11 rings (SSSR count). The fraction of sp³-hybridized carbons (Fsp3) is 0.0204. The van der Waals surface area contributed by atoms with E-state index in [9.17, 15) is 0 Å². The van der Waals surface area contributed by atoms with Crippen molar-refractivity contribution in [3.05, 3.63) is 181 Å². The van der Waals surface area contributed by atoms with Crippen LogP contribution in [0.4, 0.5) is 0 Å². The maximum atomic E-state index is 2.38. The Labute approximate surface area is 284 Å². The summed E-state index contributed by atoms with van der Waals surface area (Å²) in [6.45, 7) is 0. The third-order valence-electron chi connectivity index (χ3n) is 11.0. The van der Waals surface area contributed by atoms with Crippen LogP contribution in [-0.2, 0) is 0 Å². The summed E-state index contributed by atoms with van der Waals surface area (Å²) in [5.74, 6) is 0. The molecule has 0 aromatic heterocycles. The quantitative estimate of drug-likeness (QED) is 0.172. The van der Waals surface area contributed by atoms with Gasteiger partial charge < -0.3 is 0 Å². The summed E-state index contributed by atoms with van der Waals surface area (Å²) < 4.78 is 0. The van der Waals surface area contributed by atoms with Crippen LogP contribution in [0.5, 0.6) is 0 Å². The van der Waals surface area contributed by atoms with Crippen LogP contribution < -0.4 is 0 Å². The highest BCUT2D eigenvalue weighted by Crippen LogP contribution is 2.43. The third-order valence-corrected chi connectivity index (χ3v) is 11.0. The van der Waals surface area contributed by atoms with E-state index in [1.165, 1.54) is 109 Å².